The predicted molar refractivity (Wildman–Crippen MR) is 38.7 cm³/mol. The molecule has 7 heavy (non-hydrogen) atoms. The van der Waals surface area contributed by atoms with Crippen LogP contribution in [0.25, 0.3) is 0 Å². The van der Waals surface area contributed by atoms with Gasteiger partial charge in [-0.3, -0.25) is 0 Å². The van der Waals surface area contributed by atoms with Crippen molar-refractivity contribution in [2.45, 2.75) is 38.8 Å². The molecular weight excluding hydrogens is 100 g/mol. The lowest BCUT2D eigenvalue weighted by Crippen LogP contribution is -1.71. The van der Waals surface area contributed by atoms with Crippen LogP contribution in [0, 0.1) is 0 Å². The Morgan fingerprint density at radius 2 is 1.71 bits per heavy atom. The van der Waals surface area contributed by atoms with E-state index in [9.17, 15) is 0 Å². The van der Waals surface area contributed by atoms with Crippen LogP contribution in [0.2, 0.25) is 12.1 Å². The molecule has 0 unspecified atom stereocenters. The molecule has 1 fully saturated rings. The SMILES string of the molecule is CC.C[SiH2]C1CC1. The molecule has 0 N–H and O–H groups in total. The molecule has 0 aromatic rings. The number of hydrogen-bond acceptors (Lipinski definition) is 0. The van der Waals surface area contributed by atoms with Crippen molar-refractivity contribution in [2.75, 3.05) is 0 Å². The standard InChI is InChI=1S/C4H10Si.C2H6/c1-5-4-2-3-4;1-2/h4H,2-3,5H2,1H3;1-2H3. The normalized spacial score (nSPS) is 19.3. The minimum Gasteiger partial charge on any atom is -0.0746 e. The Balaban J connectivity index is 0.000000162. The second kappa shape index (κ2) is 4.38. The molecule has 0 saturated heterocycles. The average molecular weight is 116 g/mol. The molecule has 1 aliphatic rings. The maximum Gasteiger partial charge on any atom is 0.0201 e. The highest BCUT2D eigenvalue weighted by atomic mass is 28.2. The van der Waals surface area contributed by atoms with Crippen LogP contribution >= 0.6 is 0 Å². The lowest BCUT2D eigenvalue weighted by molar-refractivity contribution is 1.44. The van der Waals surface area contributed by atoms with Gasteiger partial charge in [-0.05, 0) is 0 Å². The van der Waals surface area contributed by atoms with Gasteiger partial charge in [-0.2, -0.15) is 0 Å². The van der Waals surface area contributed by atoms with Gasteiger partial charge in [-0.1, -0.05) is 38.8 Å². The zero-order valence-electron chi connectivity index (χ0n) is 5.70. The zero-order chi connectivity index (χ0) is 5.70. The van der Waals surface area contributed by atoms with Gasteiger partial charge in [-0.15, -0.1) is 0 Å². The van der Waals surface area contributed by atoms with Crippen molar-refractivity contribution >= 4 is 9.52 Å². The summed E-state index contributed by atoms with van der Waals surface area (Å²) in [5.41, 5.74) is 1.27. The first-order chi connectivity index (χ1) is 3.43. The summed E-state index contributed by atoms with van der Waals surface area (Å²) in [7, 11) is 0.460. The van der Waals surface area contributed by atoms with Gasteiger partial charge in [-0.25, -0.2) is 0 Å². The van der Waals surface area contributed by atoms with Crippen molar-refractivity contribution < 1.29 is 0 Å². The summed E-state index contributed by atoms with van der Waals surface area (Å²) < 4.78 is 0. The summed E-state index contributed by atoms with van der Waals surface area (Å²) in [6, 6.07) is 0. The Hall–Kier alpha value is 0.217. The van der Waals surface area contributed by atoms with Crippen LogP contribution in [0.15, 0.2) is 0 Å². The average Bonchev–Trinajstić information content (AvgIpc) is 2.52. The lowest BCUT2D eigenvalue weighted by Gasteiger charge is -1.70. The van der Waals surface area contributed by atoms with E-state index in [1.807, 2.05) is 13.8 Å². The van der Waals surface area contributed by atoms with E-state index in [1.54, 1.807) is 12.8 Å². The van der Waals surface area contributed by atoms with Gasteiger partial charge >= 0.3 is 0 Å². The van der Waals surface area contributed by atoms with Crippen molar-refractivity contribution in [3.8, 4) is 0 Å². The second-order valence-electron chi connectivity index (χ2n) is 1.85. The van der Waals surface area contributed by atoms with E-state index in [4.69, 9.17) is 0 Å². The molecule has 0 aromatic carbocycles. The molecule has 44 valence electrons. The fourth-order valence-corrected chi connectivity index (χ4v) is 1.58. The van der Waals surface area contributed by atoms with Gasteiger partial charge in [0.25, 0.3) is 0 Å². The first-order valence-corrected chi connectivity index (χ1v) is 5.66. The number of hydrogen-bond donors (Lipinski definition) is 0. The van der Waals surface area contributed by atoms with E-state index < -0.39 is 0 Å². The van der Waals surface area contributed by atoms with E-state index in [0.717, 1.165) is 0 Å². The molecule has 0 amide bonds. The minimum absolute atomic E-state index is 0.460. The summed E-state index contributed by atoms with van der Waals surface area (Å²) in [5, 5.41) is 0. The molecule has 0 nitrogen and oxygen atoms in total. The molecule has 0 bridgehead atoms. The van der Waals surface area contributed by atoms with Gasteiger partial charge in [0.05, 0.1) is 0 Å². The smallest absolute Gasteiger partial charge is 0.0201 e. The maximum atomic E-state index is 2.40. The molecule has 0 aromatic heterocycles. The van der Waals surface area contributed by atoms with E-state index in [-0.39, 0.29) is 0 Å². The summed E-state index contributed by atoms with van der Waals surface area (Å²) >= 11 is 0. The first-order valence-electron chi connectivity index (χ1n) is 3.43. The van der Waals surface area contributed by atoms with Crippen molar-refractivity contribution in [1.29, 1.82) is 0 Å². The van der Waals surface area contributed by atoms with Crippen LogP contribution in [-0.4, -0.2) is 9.52 Å². The zero-order valence-corrected chi connectivity index (χ0v) is 7.11. The second-order valence-corrected chi connectivity index (χ2v) is 3.82. The third kappa shape index (κ3) is 4.06. The Morgan fingerprint density at radius 1 is 1.29 bits per heavy atom. The van der Waals surface area contributed by atoms with Gasteiger partial charge in [0, 0.05) is 9.52 Å². The van der Waals surface area contributed by atoms with E-state index in [1.165, 1.54) is 5.54 Å². The summed E-state index contributed by atoms with van der Waals surface area (Å²) in [6.45, 7) is 6.40. The van der Waals surface area contributed by atoms with Crippen molar-refractivity contribution in [3.63, 3.8) is 0 Å². The molecule has 0 aliphatic heterocycles. The highest BCUT2D eigenvalue weighted by molar-refractivity contribution is 6.36. The fraction of sp³-hybridized carbons (Fsp3) is 1.00. The molecule has 1 rings (SSSR count). The minimum atomic E-state index is 0.460. The topological polar surface area (TPSA) is 0 Å². The first kappa shape index (κ1) is 7.22. The van der Waals surface area contributed by atoms with Crippen molar-refractivity contribution in [1.82, 2.24) is 0 Å². The van der Waals surface area contributed by atoms with Crippen LogP contribution in [0.5, 0.6) is 0 Å². The third-order valence-corrected chi connectivity index (χ3v) is 3.25. The molecule has 0 atom stereocenters. The van der Waals surface area contributed by atoms with Crippen LogP contribution in [0.4, 0.5) is 0 Å². The summed E-state index contributed by atoms with van der Waals surface area (Å²) in [5.74, 6) is 0. The molecule has 1 saturated carbocycles. The van der Waals surface area contributed by atoms with Crippen LogP contribution in [-0.2, 0) is 0 Å². The molecule has 0 spiro atoms. The molecule has 1 aliphatic carbocycles. The van der Waals surface area contributed by atoms with Crippen LogP contribution < -0.4 is 0 Å². The Labute approximate surface area is 49.1 Å². The third-order valence-electron chi connectivity index (χ3n) is 1.27. The Morgan fingerprint density at radius 3 is 1.71 bits per heavy atom. The predicted octanol–water partition coefficient (Wildman–Crippen LogP) is 1.81. The summed E-state index contributed by atoms with van der Waals surface area (Å²) in [6.07, 6.45) is 3.14. The highest BCUT2D eigenvalue weighted by Crippen LogP contribution is 2.34. The highest BCUT2D eigenvalue weighted by Gasteiger charge is 2.17. The van der Waals surface area contributed by atoms with E-state index in [0.29, 0.717) is 9.52 Å². The van der Waals surface area contributed by atoms with Gasteiger partial charge < -0.3 is 0 Å². The lowest BCUT2D eigenvalue weighted by atomic mass is 11.0. The van der Waals surface area contributed by atoms with Crippen molar-refractivity contribution in [3.05, 3.63) is 0 Å². The van der Waals surface area contributed by atoms with Gasteiger partial charge in [0.1, 0.15) is 0 Å². The quantitative estimate of drug-likeness (QED) is 0.458. The molecule has 0 heterocycles. The van der Waals surface area contributed by atoms with Crippen LogP contribution in [0.1, 0.15) is 26.7 Å². The monoisotopic (exact) mass is 116 g/mol. The Kier molecular flexibility index (Phi) is 4.51. The van der Waals surface area contributed by atoms with Crippen LogP contribution in [0.3, 0.4) is 0 Å². The largest absolute Gasteiger partial charge is 0.0746 e. The fourth-order valence-electron chi connectivity index (χ4n) is 0.526. The van der Waals surface area contributed by atoms with E-state index in [2.05, 4.69) is 6.55 Å². The number of rotatable bonds is 1. The Bertz CT molecular complexity index is 31.2. The molecule has 1 heteroatoms. The molecular formula is C6H16Si. The van der Waals surface area contributed by atoms with Gasteiger partial charge in [0.15, 0.2) is 0 Å². The van der Waals surface area contributed by atoms with E-state index >= 15 is 0 Å². The summed E-state index contributed by atoms with van der Waals surface area (Å²) in [4.78, 5) is 0. The van der Waals surface area contributed by atoms with Crippen molar-refractivity contribution in [2.24, 2.45) is 0 Å². The van der Waals surface area contributed by atoms with Gasteiger partial charge in [0.2, 0.25) is 0 Å². The maximum absolute atomic E-state index is 2.40. The molecule has 0 radical (unpaired) electrons.